The fourth-order valence-electron chi connectivity index (χ4n) is 3.34. The summed E-state index contributed by atoms with van der Waals surface area (Å²) in [5.41, 5.74) is 5.47. The normalized spacial score (nSPS) is 16.0. The summed E-state index contributed by atoms with van der Waals surface area (Å²) in [5, 5.41) is 14.5. The van der Waals surface area contributed by atoms with Crippen molar-refractivity contribution >= 4 is 23.2 Å². The molecule has 2 N–H and O–H groups in total. The fourth-order valence-corrected chi connectivity index (χ4v) is 3.54. The molecule has 2 aromatic rings. The van der Waals surface area contributed by atoms with Gasteiger partial charge in [-0.05, 0) is 47.9 Å². The summed E-state index contributed by atoms with van der Waals surface area (Å²) in [6, 6.07) is 14.7. The van der Waals surface area contributed by atoms with Gasteiger partial charge in [-0.1, -0.05) is 36.7 Å². The average Bonchev–Trinajstić information content (AvgIpc) is 2.73. The highest BCUT2D eigenvalue weighted by molar-refractivity contribution is 6.31. The predicted octanol–water partition coefficient (Wildman–Crippen LogP) is 3.09. The Hall–Kier alpha value is -2.41. The number of hydrogen-bond acceptors (Lipinski definition) is 5. The molecule has 6 nitrogen and oxygen atoms in total. The number of nitrogens with one attached hydrogen (secondary N) is 1. The highest BCUT2D eigenvalue weighted by Crippen LogP contribution is 2.18. The molecule has 0 unspecified atom stereocenters. The van der Waals surface area contributed by atoms with Gasteiger partial charge < -0.3 is 5.11 Å². The van der Waals surface area contributed by atoms with E-state index in [1.54, 1.807) is 24.3 Å². The quantitative estimate of drug-likeness (QED) is 0.539. The standard InChI is InChI=1S/C22H27ClN4O2/c1-2-21(17-7-9-19(28)10-8-17)24-25-22(29)16-27-13-11-26(12-14-27)15-18-5-3-4-6-20(18)23/h3-10,28H,2,11-16H2,1H3,(H,25,29). The molecule has 0 aliphatic carbocycles. The lowest BCUT2D eigenvalue weighted by atomic mass is 10.1. The SMILES string of the molecule is CCC(=NNC(=O)CN1CCN(Cc2ccccc2Cl)CC1)c1ccc(O)cc1. The van der Waals surface area contributed by atoms with Crippen LogP contribution in [0.4, 0.5) is 0 Å². The Morgan fingerprint density at radius 2 is 1.72 bits per heavy atom. The number of phenols is 1. The van der Waals surface area contributed by atoms with Crippen LogP contribution in [-0.2, 0) is 11.3 Å². The van der Waals surface area contributed by atoms with Crippen LogP contribution >= 0.6 is 11.6 Å². The molecule has 7 heteroatoms. The lowest BCUT2D eigenvalue weighted by Crippen LogP contribution is -2.48. The molecule has 0 atom stereocenters. The number of halogens is 1. The number of benzene rings is 2. The van der Waals surface area contributed by atoms with Crippen molar-refractivity contribution in [3.63, 3.8) is 0 Å². The van der Waals surface area contributed by atoms with E-state index in [0.717, 1.165) is 54.6 Å². The minimum absolute atomic E-state index is 0.116. The Morgan fingerprint density at radius 3 is 2.38 bits per heavy atom. The molecule has 0 saturated carbocycles. The second-order valence-corrected chi connectivity index (χ2v) is 7.54. The maximum absolute atomic E-state index is 12.3. The molecule has 1 heterocycles. The van der Waals surface area contributed by atoms with Crippen molar-refractivity contribution in [3.05, 3.63) is 64.7 Å². The second-order valence-electron chi connectivity index (χ2n) is 7.14. The van der Waals surface area contributed by atoms with Gasteiger partial charge in [0, 0.05) is 37.7 Å². The molecule has 3 rings (SSSR count). The number of phenolic OH excluding ortho intramolecular Hbond substituents is 1. The Morgan fingerprint density at radius 1 is 1.07 bits per heavy atom. The second kappa shape index (κ2) is 10.4. The van der Waals surface area contributed by atoms with Crippen LogP contribution in [0, 0.1) is 0 Å². The third kappa shape index (κ3) is 6.29. The summed E-state index contributed by atoms with van der Waals surface area (Å²) in [7, 11) is 0. The first-order chi connectivity index (χ1) is 14.0. The van der Waals surface area contributed by atoms with Crippen LogP contribution in [0.5, 0.6) is 5.75 Å². The van der Waals surface area contributed by atoms with E-state index in [0.29, 0.717) is 13.0 Å². The third-order valence-electron chi connectivity index (χ3n) is 5.03. The molecule has 0 aromatic heterocycles. The average molecular weight is 415 g/mol. The van der Waals surface area contributed by atoms with Gasteiger partial charge in [-0.15, -0.1) is 0 Å². The van der Waals surface area contributed by atoms with Gasteiger partial charge in [-0.25, -0.2) is 5.43 Å². The Balaban J connectivity index is 1.45. The van der Waals surface area contributed by atoms with Gasteiger partial charge in [0.1, 0.15) is 5.75 Å². The van der Waals surface area contributed by atoms with Gasteiger partial charge in [0.25, 0.3) is 5.91 Å². The molecule has 2 aromatic carbocycles. The van der Waals surface area contributed by atoms with Crippen LogP contribution < -0.4 is 5.43 Å². The maximum Gasteiger partial charge on any atom is 0.254 e. The van der Waals surface area contributed by atoms with Crippen molar-refractivity contribution in [2.45, 2.75) is 19.9 Å². The van der Waals surface area contributed by atoms with E-state index < -0.39 is 0 Å². The summed E-state index contributed by atoms with van der Waals surface area (Å²) in [5.74, 6) is 0.0937. The first-order valence-electron chi connectivity index (χ1n) is 9.88. The molecule has 29 heavy (non-hydrogen) atoms. The third-order valence-corrected chi connectivity index (χ3v) is 5.40. The van der Waals surface area contributed by atoms with Crippen LogP contribution in [0.25, 0.3) is 0 Å². The van der Waals surface area contributed by atoms with Gasteiger partial charge >= 0.3 is 0 Å². The maximum atomic E-state index is 12.3. The van der Waals surface area contributed by atoms with Crippen molar-refractivity contribution in [3.8, 4) is 5.75 Å². The number of carbonyl (C=O) groups is 1. The van der Waals surface area contributed by atoms with E-state index in [1.165, 1.54) is 0 Å². The number of rotatable bonds is 7. The van der Waals surface area contributed by atoms with Gasteiger partial charge in [-0.3, -0.25) is 14.6 Å². The highest BCUT2D eigenvalue weighted by atomic mass is 35.5. The first-order valence-corrected chi connectivity index (χ1v) is 10.3. The van der Waals surface area contributed by atoms with Gasteiger partial charge in [0.2, 0.25) is 0 Å². The number of amides is 1. The molecule has 1 saturated heterocycles. The lowest BCUT2D eigenvalue weighted by Gasteiger charge is -2.34. The number of carbonyl (C=O) groups excluding carboxylic acids is 1. The van der Waals surface area contributed by atoms with Crippen molar-refractivity contribution in [2.75, 3.05) is 32.7 Å². The molecular weight excluding hydrogens is 388 g/mol. The van der Waals surface area contributed by atoms with Crippen LogP contribution in [0.1, 0.15) is 24.5 Å². The number of hydrazone groups is 1. The van der Waals surface area contributed by atoms with E-state index in [4.69, 9.17) is 11.6 Å². The van der Waals surface area contributed by atoms with Crippen molar-refractivity contribution in [1.82, 2.24) is 15.2 Å². The van der Waals surface area contributed by atoms with Crippen LogP contribution in [-0.4, -0.2) is 59.2 Å². The van der Waals surface area contributed by atoms with E-state index >= 15 is 0 Å². The molecule has 1 fully saturated rings. The molecule has 0 spiro atoms. The van der Waals surface area contributed by atoms with Gasteiger partial charge in [0.15, 0.2) is 0 Å². The smallest absolute Gasteiger partial charge is 0.254 e. The van der Waals surface area contributed by atoms with E-state index in [2.05, 4.69) is 26.4 Å². The molecular formula is C22H27ClN4O2. The number of piperazine rings is 1. The van der Waals surface area contributed by atoms with E-state index in [1.807, 2.05) is 25.1 Å². The zero-order valence-electron chi connectivity index (χ0n) is 16.6. The molecule has 1 aliphatic rings. The Labute approximate surface area is 176 Å². The zero-order chi connectivity index (χ0) is 20.6. The topological polar surface area (TPSA) is 68.2 Å². The fraction of sp³-hybridized carbons (Fsp3) is 0.364. The van der Waals surface area contributed by atoms with E-state index in [-0.39, 0.29) is 11.7 Å². The first kappa shape index (κ1) is 21.3. The summed E-state index contributed by atoms with van der Waals surface area (Å²) < 4.78 is 0. The predicted molar refractivity (Wildman–Crippen MR) is 116 cm³/mol. The number of hydrogen-bond donors (Lipinski definition) is 2. The van der Waals surface area contributed by atoms with Gasteiger partial charge in [0.05, 0.1) is 12.3 Å². The van der Waals surface area contributed by atoms with Crippen molar-refractivity contribution < 1.29 is 9.90 Å². The summed E-state index contributed by atoms with van der Waals surface area (Å²) >= 11 is 6.25. The highest BCUT2D eigenvalue weighted by Gasteiger charge is 2.19. The molecule has 1 amide bonds. The minimum atomic E-state index is -0.116. The monoisotopic (exact) mass is 414 g/mol. The van der Waals surface area contributed by atoms with Crippen LogP contribution in [0.3, 0.4) is 0 Å². The van der Waals surface area contributed by atoms with Crippen LogP contribution in [0.2, 0.25) is 5.02 Å². The summed E-state index contributed by atoms with van der Waals surface area (Å²) in [4.78, 5) is 16.8. The van der Waals surface area contributed by atoms with Crippen LogP contribution in [0.15, 0.2) is 53.6 Å². The summed E-state index contributed by atoms with van der Waals surface area (Å²) in [6.07, 6.45) is 0.686. The zero-order valence-corrected chi connectivity index (χ0v) is 17.4. The Kier molecular flexibility index (Phi) is 7.63. The molecule has 154 valence electrons. The molecule has 1 aliphatic heterocycles. The number of aromatic hydroxyl groups is 1. The lowest BCUT2D eigenvalue weighted by molar-refractivity contribution is -0.122. The largest absolute Gasteiger partial charge is 0.508 e. The van der Waals surface area contributed by atoms with Gasteiger partial charge in [-0.2, -0.15) is 5.10 Å². The van der Waals surface area contributed by atoms with Crippen molar-refractivity contribution in [1.29, 1.82) is 0 Å². The summed E-state index contributed by atoms with van der Waals surface area (Å²) in [6.45, 7) is 6.61. The Bertz CT molecular complexity index is 846. The minimum Gasteiger partial charge on any atom is -0.508 e. The number of nitrogens with zero attached hydrogens (tertiary/aromatic N) is 3. The molecule has 0 radical (unpaired) electrons. The molecule has 0 bridgehead atoms. The van der Waals surface area contributed by atoms with E-state index in [9.17, 15) is 9.90 Å². The van der Waals surface area contributed by atoms with Crippen molar-refractivity contribution in [2.24, 2.45) is 5.10 Å².